The summed E-state index contributed by atoms with van der Waals surface area (Å²) in [6.45, 7) is 10.9. The Morgan fingerprint density at radius 1 is 1.16 bits per heavy atom. The molecule has 4 rings (SSSR count). The molecule has 0 aromatic carbocycles. The van der Waals surface area contributed by atoms with Gasteiger partial charge in [-0.1, -0.05) is 43.7 Å². The summed E-state index contributed by atoms with van der Waals surface area (Å²) in [4.78, 5) is 50.0. The third-order valence-corrected chi connectivity index (χ3v) is 8.70. The van der Waals surface area contributed by atoms with Crippen LogP contribution >= 0.6 is 0 Å². The standard InChI is InChI=1S/C33H48FN5O6/c1-22-7-5-11-35-29(41)10-9-23(2)31(24(3)20-38-15-13-37(4)14-16-38)45-33(43)28-8-6-12-39(28)32(42)27-21-44-30(36-27)19-25(34)18-26(40)17-22/h5,7,9-10,17,21,23-26,28,31,40H,6,8,11-16,18-20H2,1-4H3,(H,35,41)/b7-5+,10-9+,22-17+/t23-,24+,25-,26-,28-,31+/m1/s1. The summed E-state index contributed by atoms with van der Waals surface area (Å²) < 4.78 is 26.4. The van der Waals surface area contributed by atoms with Crippen LogP contribution < -0.4 is 5.32 Å². The van der Waals surface area contributed by atoms with Gasteiger partial charge in [0.25, 0.3) is 5.91 Å². The highest BCUT2D eigenvalue weighted by Gasteiger charge is 2.39. The van der Waals surface area contributed by atoms with Gasteiger partial charge in [-0.25, -0.2) is 14.2 Å². The Labute approximate surface area is 265 Å². The molecule has 4 heterocycles. The van der Waals surface area contributed by atoms with Crippen molar-refractivity contribution in [2.75, 3.05) is 52.9 Å². The Balaban J connectivity index is 1.56. The maximum Gasteiger partial charge on any atom is 0.329 e. The van der Waals surface area contributed by atoms with Crippen LogP contribution in [0.3, 0.4) is 0 Å². The number of nitrogens with zero attached hydrogens (tertiary/aromatic N) is 4. The van der Waals surface area contributed by atoms with Crippen LogP contribution in [0.5, 0.6) is 0 Å². The molecule has 3 aliphatic heterocycles. The number of likely N-dealkylation sites (N-methyl/N-ethyl adjacent to an activating group) is 1. The number of hydrogen-bond donors (Lipinski definition) is 2. The Morgan fingerprint density at radius 2 is 1.91 bits per heavy atom. The summed E-state index contributed by atoms with van der Waals surface area (Å²) in [5, 5.41) is 13.1. The lowest BCUT2D eigenvalue weighted by Gasteiger charge is -2.37. The number of cyclic esters (lactones) is 1. The highest BCUT2D eigenvalue weighted by molar-refractivity contribution is 5.95. The van der Waals surface area contributed by atoms with Crippen molar-refractivity contribution >= 4 is 17.8 Å². The topological polar surface area (TPSA) is 128 Å². The fourth-order valence-electron chi connectivity index (χ4n) is 6.17. The van der Waals surface area contributed by atoms with Gasteiger partial charge in [-0.3, -0.25) is 9.59 Å². The van der Waals surface area contributed by atoms with Crippen LogP contribution in [0.2, 0.25) is 0 Å². The first kappa shape index (κ1) is 34.5. The highest BCUT2D eigenvalue weighted by Crippen LogP contribution is 2.26. The number of oxazole rings is 1. The van der Waals surface area contributed by atoms with Gasteiger partial charge in [0.15, 0.2) is 11.6 Å². The average Bonchev–Trinajstić information content (AvgIpc) is 3.67. The summed E-state index contributed by atoms with van der Waals surface area (Å²) in [5.74, 6) is -1.53. The molecule has 2 saturated heterocycles. The van der Waals surface area contributed by atoms with Gasteiger partial charge in [-0.2, -0.15) is 0 Å². The van der Waals surface area contributed by atoms with Crippen molar-refractivity contribution < 1.29 is 33.0 Å². The molecule has 2 fully saturated rings. The Hall–Kier alpha value is -3.35. The second-order valence-electron chi connectivity index (χ2n) is 12.6. The fraction of sp³-hybridized carbons (Fsp3) is 0.636. The molecule has 0 unspecified atom stereocenters. The number of halogens is 1. The Kier molecular flexibility index (Phi) is 12.5. The predicted molar refractivity (Wildman–Crippen MR) is 167 cm³/mol. The van der Waals surface area contributed by atoms with Gasteiger partial charge < -0.3 is 34.3 Å². The normalized spacial score (nSPS) is 32.1. The molecule has 0 radical (unpaired) electrons. The molecule has 12 heteroatoms. The maximum atomic E-state index is 14.8. The number of aliphatic hydroxyl groups is 1. The van der Waals surface area contributed by atoms with Gasteiger partial charge in [-0.15, -0.1) is 0 Å². The third kappa shape index (κ3) is 10.1. The minimum Gasteiger partial charge on any atom is -0.460 e. The molecule has 0 spiro atoms. The van der Waals surface area contributed by atoms with Gasteiger partial charge in [0.2, 0.25) is 5.91 Å². The molecule has 3 aliphatic rings. The van der Waals surface area contributed by atoms with Crippen molar-refractivity contribution in [3.8, 4) is 0 Å². The number of ether oxygens (including phenoxy) is 1. The van der Waals surface area contributed by atoms with Crippen LogP contribution in [0, 0.1) is 11.8 Å². The van der Waals surface area contributed by atoms with Crippen LogP contribution in [-0.2, 0) is 20.7 Å². The zero-order valence-electron chi connectivity index (χ0n) is 26.9. The second kappa shape index (κ2) is 16.3. The molecular formula is C33H48FN5O6. The van der Waals surface area contributed by atoms with E-state index in [-0.39, 0.29) is 48.7 Å². The van der Waals surface area contributed by atoms with Crippen LogP contribution in [0.15, 0.2) is 46.6 Å². The Bertz CT molecular complexity index is 1260. The number of aliphatic hydroxyl groups excluding tert-OH is 1. The first-order valence-corrected chi connectivity index (χ1v) is 16.0. The molecule has 0 aliphatic carbocycles. The summed E-state index contributed by atoms with van der Waals surface area (Å²) in [5.41, 5.74) is 0.716. The van der Waals surface area contributed by atoms with E-state index in [4.69, 9.17) is 9.15 Å². The molecule has 11 nitrogen and oxygen atoms in total. The largest absolute Gasteiger partial charge is 0.460 e. The molecule has 6 atom stereocenters. The van der Waals surface area contributed by atoms with Crippen molar-refractivity contribution in [1.29, 1.82) is 0 Å². The van der Waals surface area contributed by atoms with E-state index >= 15 is 0 Å². The summed E-state index contributed by atoms with van der Waals surface area (Å²) in [7, 11) is 2.10. The summed E-state index contributed by atoms with van der Waals surface area (Å²) in [6, 6.07) is -0.789. The first-order valence-electron chi connectivity index (χ1n) is 16.0. The number of esters is 1. The van der Waals surface area contributed by atoms with Gasteiger partial charge >= 0.3 is 5.97 Å². The monoisotopic (exact) mass is 629 g/mol. The molecule has 0 saturated carbocycles. The number of rotatable bonds is 3. The van der Waals surface area contributed by atoms with E-state index in [9.17, 15) is 23.9 Å². The van der Waals surface area contributed by atoms with E-state index in [2.05, 4.69) is 34.1 Å². The van der Waals surface area contributed by atoms with E-state index in [1.165, 1.54) is 17.2 Å². The molecule has 2 amide bonds. The number of fused-ring (bicyclic) bond motifs is 3. The molecule has 45 heavy (non-hydrogen) atoms. The minimum atomic E-state index is -1.46. The van der Waals surface area contributed by atoms with E-state index in [0.717, 1.165) is 38.3 Å². The zero-order valence-corrected chi connectivity index (χ0v) is 26.9. The minimum absolute atomic E-state index is 0.000911. The summed E-state index contributed by atoms with van der Waals surface area (Å²) in [6.07, 6.45) is 7.11. The van der Waals surface area contributed by atoms with E-state index in [0.29, 0.717) is 19.4 Å². The fourth-order valence-corrected chi connectivity index (χ4v) is 6.17. The number of piperazine rings is 1. The lowest BCUT2D eigenvalue weighted by molar-refractivity contribution is -0.158. The second-order valence-corrected chi connectivity index (χ2v) is 12.6. The molecule has 2 N–H and O–H groups in total. The number of allylic oxidation sites excluding steroid dienone is 2. The highest BCUT2D eigenvalue weighted by atomic mass is 19.1. The number of carbonyl (C=O) groups is 3. The van der Waals surface area contributed by atoms with Gasteiger partial charge in [0.05, 0.1) is 12.5 Å². The molecule has 1 aromatic rings. The van der Waals surface area contributed by atoms with Crippen molar-refractivity contribution in [2.45, 2.75) is 70.9 Å². The average molecular weight is 630 g/mol. The number of nitrogens with one attached hydrogen (secondary N) is 1. The van der Waals surface area contributed by atoms with E-state index in [1.807, 2.05) is 6.92 Å². The first-order chi connectivity index (χ1) is 21.5. The molecule has 1 aromatic heterocycles. The third-order valence-electron chi connectivity index (χ3n) is 8.70. The lowest BCUT2D eigenvalue weighted by atomic mass is 9.91. The van der Waals surface area contributed by atoms with Crippen LogP contribution in [0.4, 0.5) is 4.39 Å². The van der Waals surface area contributed by atoms with E-state index in [1.54, 1.807) is 31.2 Å². The predicted octanol–water partition coefficient (Wildman–Crippen LogP) is 2.53. The smallest absolute Gasteiger partial charge is 0.329 e. The lowest BCUT2D eigenvalue weighted by Crippen LogP contribution is -2.49. The number of amides is 2. The maximum absolute atomic E-state index is 14.8. The number of hydrogen-bond acceptors (Lipinski definition) is 9. The van der Waals surface area contributed by atoms with Gasteiger partial charge in [0, 0.05) is 64.1 Å². The molecular weight excluding hydrogens is 581 g/mol. The van der Waals surface area contributed by atoms with Crippen molar-refractivity contribution in [1.82, 2.24) is 25.0 Å². The van der Waals surface area contributed by atoms with Gasteiger partial charge in [-0.05, 0) is 32.9 Å². The number of carbonyl (C=O) groups excluding carboxylic acids is 3. The SMILES string of the molecule is CC1=C\[C@@H](O)C[C@@H](F)Cc2nc(co2)C(=O)N2CCC[C@@H]2C(=O)O[C@H]([C@@H](C)CN2CCN(C)CC2)[C@H](C)/C=C/C(=O)NC\C=C\1. The molecule has 248 valence electrons. The van der Waals surface area contributed by atoms with E-state index < -0.39 is 36.3 Å². The van der Waals surface area contributed by atoms with Crippen molar-refractivity contribution in [3.05, 3.63) is 53.8 Å². The van der Waals surface area contributed by atoms with Crippen molar-refractivity contribution in [2.24, 2.45) is 11.8 Å². The van der Waals surface area contributed by atoms with Crippen molar-refractivity contribution in [3.63, 3.8) is 0 Å². The van der Waals surface area contributed by atoms with Crippen LogP contribution in [0.25, 0.3) is 0 Å². The van der Waals surface area contributed by atoms with Gasteiger partial charge in [0.1, 0.15) is 24.6 Å². The zero-order chi connectivity index (χ0) is 32.5. The quantitative estimate of drug-likeness (QED) is 0.485. The summed E-state index contributed by atoms with van der Waals surface area (Å²) >= 11 is 0. The van der Waals surface area contributed by atoms with Crippen LogP contribution in [0.1, 0.15) is 56.4 Å². The number of alkyl halides is 1. The van der Waals surface area contributed by atoms with Crippen LogP contribution in [-0.4, -0.2) is 120 Å². The number of aromatic nitrogens is 1. The molecule has 2 bridgehead atoms. The Morgan fingerprint density at radius 3 is 2.67 bits per heavy atom.